The minimum Gasteiger partial charge on any atom is -0.476 e. The van der Waals surface area contributed by atoms with E-state index in [-0.39, 0.29) is 24.3 Å². The number of fused-ring (bicyclic) bond motifs is 2. The van der Waals surface area contributed by atoms with Gasteiger partial charge in [0.05, 0.1) is 30.1 Å². The van der Waals surface area contributed by atoms with E-state index < -0.39 is 11.4 Å². The lowest BCUT2D eigenvalue weighted by molar-refractivity contribution is 0.0442. The second-order valence-electron chi connectivity index (χ2n) is 10.6. The van der Waals surface area contributed by atoms with Crippen LogP contribution in [0.5, 0.6) is 5.88 Å². The molecule has 3 aromatic heterocycles. The largest absolute Gasteiger partial charge is 0.476 e. The van der Waals surface area contributed by atoms with E-state index in [1.165, 1.54) is 11.0 Å². The smallest absolute Gasteiger partial charge is 0.262 e. The molecule has 5 heterocycles. The van der Waals surface area contributed by atoms with E-state index in [4.69, 9.17) is 9.72 Å². The quantitative estimate of drug-likeness (QED) is 0.304. The Bertz CT molecular complexity index is 1580. The van der Waals surface area contributed by atoms with Crippen molar-refractivity contribution < 1.29 is 18.7 Å². The number of hydrogen-bond acceptors (Lipinski definition) is 8. The Hall–Kier alpha value is -4.54. The zero-order valence-corrected chi connectivity index (χ0v) is 22.7. The molecule has 0 atom stereocenters. The molecule has 0 unspecified atom stereocenters. The van der Waals surface area contributed by atoms with Gasteiger partial charge in [-0.25, -0.2) is 18.9 Å². The Morgan fingerprint density at radius 2 is 1.75 bits per heavy atom. The number of aromatic nitrogens is 4. The summed E-state index contributed by atoms with van der Waals surface area (Å²) in [4.78, 5) is 36.4. The summed E-state index contributed by atoms with van der Waals surface area (Å²) in [5.74, 6) is -0.109. The highest BCUT2D eigenvalue weighted by Crippen LogP contribution is 2.35. The minimum absolute atomic E-state index is 0.166. The predicted octanol–water partition coefficient (Wildman–Crippen LogP) is 4.30. The number of ether oxygens (including phenoxy) is 1. The maximum Gasteiger partial charge on any atom is 0.262 e. The molecule has 0 bridgehead atoms. The summed E-state index contributed by atoms with van der Waals surface area (Å²) in [6.45, 7) is 7.23. The fourth-order valence-electron chi connectivity index (χ4n) is 5.36. The third-order valence-electron chi connectivity index (χ3n) is 7.53. The van der Waals surface area contributed by atoms with Crippen LogP contribution in [-0.2, 0) is 6.42 Å². The first-order valence-electron chi connectivity index (χ1n) is 13.4. The summed E-state index contributed by atoms with van der Waals surface area (Å²) < 4.78 is 22.3. The van der Waals surface area contributed by atoms with Crippen molar-refractivity contribution in [1.29, 1.82) is 0 Å². The summed E-state index contributed by atoms with van der Waals surface area (Å²) in [7, 11) is 0. The average molecular weight is 544 g/mol. The lowest BCUT2D eigenvalue weighted by atomic mass is 9.98. The van der Waals surface area contributed by atoms with Gasteiger partial charge in [-0.15, -0.1) is 0 Å². The van der Waals surface area contributed by atoms with Crippen LogP contribution < -0.4 is 14.8 Å². The van der Waals surface area contributed by atoms with E-state index in [2.05, 4.69) is 17.0 Å². The van der Waals surface area contributed by atoms with Gasteiger partial charge in [0, 0.05) is 48.9 Å². The third kappa shape index (κ3) is 4.31. The number of nitrogens with zero attached hydrogens (tertiary/aromatic N) is 7. The molecule has 11 heteroatoms. The van der Waals surface area contributed by atoms with Crippen molar-refractivity contribution in [3.05, 3.63) is 77.5 Å². The van der Waals surface area contributed by atoms with Crippen molar-refractivity contribution in [1.82, 2.24) is 24.5 Å². The number of halogens is 1. The van der Waals surface area contributed by atoms with Gasteiger partial charge in [-0.2, -0.15) is 5.10 Å². The Morgan fingerprint density at radius 3 is 2.48 bits per heavy atom. The molecular weight excluding hydrogens is 513 g/mol. The van der Waals surface area contributed by atoms with Crippen molar-refractivity contribution in [3.8, 4) is 5.88 Å². The van der Waals surface area contributed by atoms with Crippen molar-refractivity contribution in [3.63, 3.8) is 0 Å². The zero-order valence-electron chi connectivity index (χ0n) is 22.7. The highest BCUT2D eigenvalue weighted by atomic mass is 19.1. The number of amides is 2. The average Bonchev–Trinajstić information content (AvgIpc) is 3.66. The highest BCUT2D eigenvalue weighted by molar-refractivity contribution is 6.21. The molecule has 2 aliphatic heterocycles. The number of pyridine rings is 1. The number of hydrazine groups is 1. The predicted molar refractivity (Wildman–Crippen MR) is 147 cm³/mol. The molecule has 0 aliphatic carbocycles. The highest BCUT2D eigenvalue weighted by Gasteiger charge is 2.43. The number of carbonyl (C=O) groups excluding carboxylic acids is 2. The molecule has 6 rings (SSSR count). The number of hydrogen-bond donors (Lipinski definition) is 0. The zero-order chi connectivity index (χ0) is 28.0. The summed E-state index contributed by atoms with van der Waals surface area (Å²) in [6.07, 6.45) is 6.83. The summed E-state index contributed by atoms with van der Waals surface area (Å²) >= 11 is 0. The van der Waals surface area contributed by atoms with Gasteiger partial charge in [-0.1, -0.05) is 19.1 Å². The number of carbonyl (C=O) groups is 2. The van der Waals surface area contributed by atoms with Crippen molar-refractivity contribution >= 4 is 29.0 Å². The third-order valence-corrected chi connectivity index (χ3v) is 7.53. The summed E-state index contributed by atoms with van der Waals surface area (Å²) in [6, 6.07) is 10.1. The van der Waals surface area contributed by atoms with E-state index in [1.54, 1.807) is 28.8 Å². The van der Waals surface area contributed by atoms with Crippen molar-refractivity contribution in [2.75, 3.05) is 29.7 Å². The molecular formula is C29H30FN7O3. The van der Waals surface area contributed by atoms with Gasteiger partial charge < -0.3 is 4.74 Å². The number of aryl methyl sites for hydroxylation is 1. The van der Waals surface area contributed by atoms with E-state index in [1.807, 2.05) is 42.3 Å². The van der Waals surface area contributed by atoms with Crippen LogP contribution in [0.25, 0.3) is 5.65 Å². The van der Waals surface area contributed by atoms with Gasteiger partial charge in [0.2, 0.25) is 5.88 Å². The Balaban J connectivity index is 1.21. The minimum atomic E-state index is -0.811. The first-order valence-corrected chi connectivity index (χ1v) is 13.4. The van der Waals surface area contributed by atoms with Crippen LogP contribution in [0.1, 0.15) is 59.9 Å². The Morgan fingerprint density at radius 1 is 1.02 bits per heavy atom. The van der Waals surface area contributed by atoms with Gasteiger partial charge in [0.1, 0.15) is 11.5 Å². The van der Waals surface area contributed by atoms with E-state index in [0.29, 0.717) is 36.3 Å². The van der Waals surface area contributed by atoms with Crippen LogP contribution >= 0.6 is 0 Å². The van der Waals surface area contributed by atoms with Gasteiger partial charge >= 0.3 is 0 Å². The maximum atomic E-state index is 14.5. The summed E-state index contributed by atoms with van der Waals surface area (Å²) in [5.41, 5.74) is 2.33. The number of benzene rings is 1. The van der Waals surface area contributed by atoms with Gasteiger partial charge in [0.25, 0.3) is 11.8 Å². The van der Waals surface area contributed by atoms with Crippen LogP contribution in [-0.4, -0.2) is 61.5 Å². The van der Waals surface area contributed by atoms with Crippen LogP contribution in [0.3, 0.4) is 0 Å². The van der Waals surface area contributed by atoms with E-state index in [0.717, 1.165) is 36.1 Å². The molecule has 1 saturated heterocycles. The van der Waals surface area contributed by atoms with E-state index >= 15 is 0 Å². The van der Waals surface area contributed by atoms with Crippen LogP contribution in [0.2, 0.25) is 0 Å². The molecule has 1 fully saturated rings. The van der Waals surface area contributed by atoms with Gasteiger partial charge in [-0.05, 0) is 38.8 Å². The molecule has 1 aromatic carbocycles. The molecule has 206 valence electrons. The number of imide groups is 1. The Kier molecular flexibility index (Phi) is 6.36. The van der Waals surface area contributed by atoms with Crippen molar-refractivity contribution in [2.45, 2.75) is 45.6 Å². The normalized spacial score (nSPS) is 15.4. The molecule has 10 nitrogen and oxygen atoms in total. The maximum absolute atomic E-state index is 14.5. The molecule has 40 heavy (non-hydrogen) atoms. The van der Waals surface area contributed by atoms with Gasteiger partial charge in [-0.3, -0.25) is 24.5 Å². The molecule has 0 radical (unpaired) electrons. The second-order valence-corrected chi connectivity index (χ2v) is 10.6. The number of anilines is 2. The lowest BCUT2D eigenvalue weighted by Crippen LogP contribution is -2.48. The first kappa shape index (κ1) is 25.7. The monoisotopic (exact) mass is 543 g/mol. The summed E-state index contributed by atoms with van der Waals surface area (Å²) in [5, 5.41) is 8.29. The molecule has 0 N–H and O–H groups in total. The van der Waals surface area contributed by atoms with Crippen LogP contribution in [0.15, 0.2) is 55.0 Å². The molecule has 4 aromatic rings. The Labute approximate surface area is 231 Å². The van der Waals surface area contributed by atoms with Gasteiger partial charge in [0.15, 0.2) is 11.5 Å². The van der Waals surface area contributed by atoms with Crippen LogP contribution in [0, 0.1) is 5.82 Å². The fourth-order valence-corrected chi connectivity index (χ4v) is 5.36. The number of rotatable bonds is 8. The lowest BCUT2D eigenvalue weighted by Gasteiger charge is -2.34. The topological polar surface area (TPSA) is 96.2 Å². The molecule has 0 spiro atoms. The van der Waals surface area contributed by atoms with Crippen molar-refractivity contribution in [2.24, 2.45) is 0 Å². The second kappa shape index (κ2) is 9.89. The SMILES string of the molecule is CCc1cnn2ccc(N3CCCN3c3cc(F)cnc3OCCC(C)(C)N3C(=O)c4ccccc4C3=O)nc12. The standard InChI is InChI=1S/C29H30FN7O3/c1-4-19-17-32-34-14-10-24(33-25(19)34)36-13-7-12-35(36)23-16-20(30)18-31-26(23)40-15-11-29(2,3)37-27(38)21-8-5-6-9-22(21)28(37)39/h5-6,8-10,14,16-18H,4,7,11-13,15H2,1-3H3. The fraction of sp³-hybridized carbons (Fsp3) is 0.345. The van der Waals surface area contributed by atoms with Crippen LogP contribution in [0.4, 0.5) is 15.9 Å². The first-order chi connectivity index (χ1) is 19.3. The molecule has 0 saturated carbocycles. The van der Waals surface area contributed by atoms with E-state index in [9.17, 15) is 14.0 Å². The molecule has 2 aliphatic rings. The molecule has 2 amide bonds.